The van der Waals surface area contributed by atoms with Crippen LogP contribution >= 0.6 is 0 Å². The first kappa shape index (κ1) is 10.9. The Morgan fingerprint density at radius 1 is 1.36 bits per heavy atom. The highest BCUT2D eigenvalue weighted by molar-refractivity contribution is 4.59. The number of likely N-dealkylation sites (N-methyl/N-ethyl adjacent to an activating group) is 1. The van der Waals surface area contributed by atoms with Crippen molar-refractivity contribution in [1.82, 2.24) is 5.32 Å². The van der Waals surface area contributed by atoms with Gasteiger partial charge in [0, 0.05) is 13.7 Å². The summed E-state index contributed by atoms with van der Waals surface area (Å²) in [7, 11) is 3.75. The summed E-state index contributed by atoms with van der Waals surface area (Å²) in [6.45, 7) is 3.19. The Balaban J connectivity index is 3.20. The van der Waals surface area contributed by atoms with Crippen LogP contribution in [0.3, 0.4) is 0 Å². The molecular weight excluding hydrogens is 138 g/mol. The summed E-state index contributed by atoms with van der Waals surface area (Å²) >= 11 is 0. The molecule has 0 bridgehead atoms. The molecule has 0 radical (unpaired) electrons. The smallest absolute Gasteiger partial charge is 0.0695 e. The summed E-state index contributed by atoms with van der Waals surface area (Å²) in [6.07, 6.45) is 5.49. The number of hydrogen-bond donors (Lipinski definition) is 1. The van der Waals surface area contributed by atoms with Crippen LogP contribution in [-0.2, 0) is 4.74 Å². The number of methoxy groups -OCH3 is 1. The fourth-order valence-corrected chi connectivity index (χ4v) is 1.15. The van der Waals surface area contributed by atoms with Crippen molar-refractivity contribution in [3.63, 3.8) is 0 Å². The van der Waals surface area contributed by atoms with E-state index in [-0.39, 0.29) is 0 Å². The van der Waals surface area contributed by atoms with Crippen LogP contribution in [-0.4, -0.2) is 26.8 Å². The van der Waals surface area contributed by atoms with Crippen LogP contribution < -0.4 is 5.32 Å². The molecule has 2 nitrogen and oxygen atoms in total. The van der Waals surface area contributed by atoms with Gasteiger partial charge in [0.2, 0.25) is 0 Å². The lowest BCUT2D eigenvalue weighted by atomic mass is 10.1. The maximum atomic E-state index is 5.27. The summed E-state index contributed by atoms with van der Waals surface area (Å²) in [6, 6.07) is 0. The van der Waals surface area contributed by atoms with Crippen LogP contribution in [0.4, 0.5) is 0 Å². The minimum Gasteiger partial charge on any atom is -0.380 e. The highest BCUT2D eigenvalue weighted by Crippen LogP contribution is 2.04. The fraction of sp³-hybridized carbons (Fsp3) is 1.00. The van der Waals surface area contributed by atoms with Crippen LogP contribution in [0, 0.1) is 0 Å². The molecule has 0 aliphatic heterocycles. The Labute approximate surface area is 70.3 Å². The van der Waals surface area contributed by atoms with Gasteiger partial charge in [-0.15, -0.1) is 0 Å². The topological polar surface area (TPSA) is 21.3 Å². The van der Waals surface area contributed by atoms with Gasteiger partial charge in [-0.25, -0.2) is 0 Å². The maximum Gasteiger partial charge on any atom is 0.0695 e. The number of rotatable bonds is 7. The van der Waals surface area contributed by atoms with Gasteiger partial charge >= 0.3 is 0 Å². The van der Waals surface area contributed by atoms with Crippen LogP contribution in [0.1, 0.15) is 32.6 Å². The van der Waals surface area contributed by atoms with Crippen LogP contribution in [0.2, 0.25) is 0 Å². The standard InChI is InChI=1S/C9H21NO/c1-4-5-6-7-9(11-3)8-10-2/h9-10H,4-8H2,1-3H3. The van der Waals surface area contributed by atoms with E-state index in [0.29, 0.717) is 6.10 Å². The van der Waals surface area contributed by atoms with Gasteiger partial charge in [0.05, 0.1) is 6.10 Å². The summed E-state index contributed by atoms with van der Waals surface area (Å²) in [5.74, 6) is 0. The number of nitrogens with one attached hydrogen (secondary N) is 1. The third-order valence-electron chi connectivity index (χ3n) is 1.89. The predicted octanol–water partition coefficient (Wildman–Crippen LogP) is 1.80. The lowest BCUT2D eigenvalue weighted by molar-refractivity contribution is 0.0939. The van der Waals surface area contributed by atoms with Gasteiger partial charge in [0.25, 0.3) is 0 Å². The molecule has 0 spiro atoms. The van der Waals surface area contributed by atoms with Crippen molar-refractivity contribution in [2.45, 2.75) is 38.7 Å². The number of ether oxygens (including phenoxy) is 1. The minimum absolute atomic E-state index is 0.409. The van der Waals surface area contributed by atoms with Crippen molar-refractivity contribution < 1.29 is 4.74 Å². The third kappa shape index (κ3) is 6.32. The molecule has 0 aromatic carbocycles. The second kappa shape index (κ2) is 8.02. The van der Waals surface area contributed by atoms with Gasteiger partial charge in [-0.2, -0.15) is 0 Å². The zero-order valence-corrected chi connectivity index (χ0v) is 8.02. The Morgan fingerprint density at radius 2 is 2.09 bits per heavy atom. The van der Waals surface area contributed by atoms with Crippen molar-refractivity contribution in [3.05, 3.63) is 0 Å². The molecule has 0 heterocycles. The highest BCUT2D eigenvalue weighted by atomic mass is 16.5. The molecule has 0 saturated carbocycles. The summed E-state index contributed by atoms with van der Waals surface area (Å²) < 4.78 is 5.27. The van der Waals surface area contributed by atoms with E-state index < -0.39 is 0 Å². The molecule has 1 unspecified atom stereocenters. The predicted molar refractivity (Wildman–Crippen MR) is 48.9 cm³/mol. The van der Waals surface area contributed by atoms with Gasteiger partial charge in [0.15, 0.2) is 0 Å². The molecule has 0 aliphatic carbocycles. The van der Waals surface area contributed by atoms with Crippen molar-refractivity contribution in [2.24, 2.45) is 0 Å². The molecule has 0 saturated heterocycles. The molecule has 0 rings (SSSR count). The fourth-order valence-electron chi connectivity index (χ4n) is 1.15. The van der Waals surface area contributed by atoms with E-state index in [0.717, 1.165) is 6.54 Å². The summed E-state index contributed by atoms with van der Waals surface area (Å²) in [5.41, 5.74) is 0. The molecule has 0 aromatic heterocycles. The molecule has 0 fully saturated rings. The van der Waals surface area contributed by atoms with E-state index in [4.69, 9.17) is 4.74 Å². The lowest BCUT2D eigenvalue weighted by Crippen LogP contribution is -2.25. The molecule has 68 valence electrons. The molecule has 0 aromatic rings. The van der Waals surface area contributed by atoms with E-state index in [1.54, 1.807) is 7.11 Å². The SMILES string of the molecule is CCCCCC(CNC)OC. The molecule has 0 amide bonds. The Bertz CT molecular complexity index is 76.0. The highest BCUT2D eigenvalue weighted by Gasteiger charge is 2.03. The van der Waals surface area contributed by atoms with Crippen molar-refractivity contribution >= 4 is 0 Å². The Hall–Kier alpha value is -0.0800. The molecule has 1 N–H and O–H groups in total. The molecule has 1 atom stereocenters. The third-order valence-corrected chi connectivity index (χ3v) is 1.89. The number of unbranched alkanes of at least 4 members (excludes halogenated alkanes) is 2. The van der Waals surface area contributed by atoms with Crippen LogP contribution in [0.15, 0.2) is 0 Å². The van der Waals surface area contributed by atoms with E-state index in [1.807, 2.05) is 7.05 Å². The van der Waals surface area contributed by atoms with E-state index in [1.165, 1.54) is 25.7 Å². The lowest BCUT2D eigenvalue weighted by Gasteiger charge is -2.13. The van der Waals surface area contributed by atoms with Gasteiger partial charge in [-0.1, -0.05) is 26.2 Å². The Morgan fingerprint density at radius 3 is 2.55 bits per heavy atom. The monoisotopic (exact) mass is 159 g/mol. The second-order valence-electron chi connectivity index (χ2n) is 2.91. The Kier molecular flexibility index (Phi) is 7.96. The van der Waals surface area contributed by atoms with Crippen molar-refractivity contribution in [2.75, 3.05) is 20.7 Å². The first-order chi connectivity index (χ1) is 5.35. The normalized spacial score (nSPS) is 13.4. The molecule has 2 heteroatoms. The first-order valence-electron chi connectivity index (χ1n) is 4.52. The van der Waals surface area contributed by atoms with Crippen LogP contribution in [0.25, 0.3) is 0 Å². The van der Waals surface area contributed by atoms with E-state index in [9.17, 15) is 0 Å². The summed E-state index contributed by atoms with van der Waals surface area (Å²) in [5, 5.41) is 3.12. The van der Waals surface area contributed by atoms with Gasteiger partial charge in [-0.3, -0.25) is 0 Å². The average Bonchev–Trinajstić information content (AvgIpc) is 2.03. The molecular formula is C9H21NO. The number of hydrogen-bond acceptors (Lipinski definition) is 2. The van der Waals surface area contributed by atoms with E-state index >= 15 is 0 Å². The van der Waals surface area contributed by atoms with Crippen molar-refractivity contribution in [1.29, 1.82) is 0 Å². The molecule has 11 heavy (non-hydrogen) atoms. The maximum absolute atomic E-state index is 5.27. The van der Waals surface area contributed by atoms with Crippen molar-refractivity contribution in [3.8, 4) is 0 Å². The minimum atomic E-state index is 0.409. The van der Waals surface area contributed by atoms with Gasteiger partial charge < -0.3 is 10.1 Å². The second-order valence-corrected chi connectivity index (χ2v) is 2.91. The van der Waals surface area contributed by atoms with E-state index in [2.05, 4.69) is 12.2 Å². The van der Waals surface area contributed by atoms with Gasteiger partial charge in [-0.05, 0) is 13.5 Å². The zero-order chi connectivity index (χ0) is 8.53. The first-order valence-corrected chi connectivity index (χ1v) is 4.52. The van der Waals surface area contributed by atoms with Gasteiger partial charge in [0.1, 0.15) is 0 Å². The van der Waals surface area contributed by atoms with Crippen LogP contribution in [0.5, 0.6) is 0 Å². The largest absolute Gasteiger partial charge is 0.380 e. The average molecular weight is 159 g/mol. The quantitative estimate of drug-likeness (QED) is 0.572. The summed E-state index contributed by atoms with van der Waals surface area (Å²) in [4.78, 5) is 0. The molecule has 0 aliphatic rings. The zero-order valence-electron chi connectivity index (χ0n) is 8.02.